The minimum Gasteiger partial charge on any atom is -0.345 e. The smallest absolute Gasteiger partial charge is 0.251 e. The Morgan fingerprint density at radius 1 is 1.15 bits per heavy atom. The Morgan fingerprint density at radius 2 is 1.88 bits per heavy atom. The summed E-state index contributed by atoms with van der Waals surface area (Å²) < 4.78 is 1.82. The van der Waals surface area contributed by atoms with Gasteiger partial charge in [0.25, 0.3) is 5.91 Å². The molecule has 0 aliphatic heterocycles. The SMILES string of the molecule is C=CCn1c(CNC(=O)c2cccc(Cl)c2)nnc1SCC(=O)Nc1c(C)cc(C)cc1C. The highest BCUT2D eigenvalue weighted by Gasteiger charge is 2.16. The molecule has 0 aliphatic rings. The van der Waals surface area contributed by atoms with Crippen molar-refractivity contribution in [2.75, 3.05) is 11.1 Å². The van der Waals surface area contributed by atoms with Crippen molar-refractivity contribution < 1.29 is 9.59 Å². The summed E-state index contributed by atoms with van der Waals surface area (Å²) in [6, 6.07) is 10.8. The maximum Gasteiger partial charge on any atom is 0.251 e. The first kappa shape index (κ1) is 24.5. The second kappa shape index (κ2) is 11.2. The lowest BCUT2D eigenvalue weighted by atomic mass is 10.1. The van der Waals surface area contributed by atoms with Crippen molar-refractivity contribution in [3.63, 3.8) is 0 Å². The second-order valence-electron chi connectivity index (χ2n) is 7.60. The molecule has 3 rings (SSSR count). The monoisotopic (exact) mass is 483 g/mol. The van der Waals surface area contributed by atoms with E-state index in [9.17, 15) is 9.59 Å². The summed E-state index contributed by atoms with van der Waals surface area (Å²) in [5.41, 5.74) is 4.51. The number of amides is 2. The zero-order valence-corrected chi connectivity index (χ0v) is 20.4. The van der Waals surface area contributed by atoms with Gasteiger partial charge in [-0.05, 0) is 50.1 Å². The van der Waals surface area contributed by atoms with Crippen LogP contribution in [0.1, 0.15) is 32.9 Å². The van der Waals surface area contributed by atoms with Crippen LogP contribution < -0.4 is 10.6 Å². The average Bonchev–Trinajstić information content (AvgIpc) is 3.15. The molecular weight excluding hydrogens is 458 g/mol. The number of anilines is 1. The number of aryl methyl sites for hydroxylation is 3. The van der Waals surface area contributed by atoms with Gasteiger partial charge < -0.3 is 15.2 Å². The maximum atomic E-state index is 12.6. The lowest BCUT2D eigenvalue weighted by molar-refractivity contribution is -0.113. The molecule has 3 aromatic rings. The summed E-state index contributed by atoms with van der Waals surface area (Å²) in [6.07, 6.45) is 1.72. The van der Waals surface area contributed by atoms with Crippen LogP contribution in [-0.4, -0.2) is 32.3 Å². The third-order valence-electron chi connectivity index (χ3n) is 4.87. The van der Waals surface area contributed by atoms with Gasteiger partial charge in [0.15, 0.2) is 11.0 Å². The summed E-state index contributed by atoms with van der Waals surface area (Å²) in [6.45, 7) is 10.4. The fourth-order valence-corrected chi connectivity index (χ4v) is 4.40. The Morgan fingerprint density at radius 3 is 2.55 bits per heavy atom. The van der Waals surface area contributed by atoms with Crippen LogP contribution in [0.5, 0.6) is 0 Å². The Hall–Kier alpha value is -3.10. The van der Waals surface area contributed by atoms with Crippen LogP contribution in [0.4, 0.5) is 5.69 Å². The first-order chi connectivity index (χ1) is 15.8. The van der Waals surface area contributed by atoms with E-state index in [0.29, 0.717) is 28.1 Å². The van der Waals surface area contributed by atoms with Gasteiger partial charge in [-0.3, -0.25) is 9.59 Å². The third kappa shape index (κ3) is 6.46. The van der Waals surface area contributed by atoms with Crippen molar-refractivity contribution >= 4 is 40.9 Å². The van der Waals surface area contributed by atoms with E-state index in [1.165, 1.54) is 11.8 Å². The first-order valence-corrected chi connectivity index (χ1v) is 11.7. The number of benzene rings is 2. The van der Waals surface area contributed by atoms with Crippen LogP contribution in [-0.2, 0) is 17.9 Å². The highest BCUT2D eigenvalue weighted by atomic mass is 35.5. The molecule has 0 spiro atoms. The summed E-state index contributed by atoms with van der Waals surface area (Å²) >= 11 is 7.24. The number of rotatable bonds is 9. The second-order valence-corrected chi connectivity index (χ2v) is 8.98. The molecule has 0 atom stereocenters. The van der Waals surface area contributed by atoms with Crippen LogP contribution in [0, 0.1) is 20.8 Å². The number of hydrogen-bond acceptors (Lipinski definition) is 5. The number of nitrogens with zero attached hydrogens (tertiary/aromatic N) is 3. The van der Waals surface area contributed by atoms with E-state index < -0.39 is 0 Å². The summed E-state index contributed by atoms with van der Waals surface area (Å²) in [7, 11) is 0. The third-order valence-corrected chi connectivity index (χ3v) is 6.07. The average molecular weight is 484 g/mol. The molecule has 0 fully saturated rings. The topological polar surface area (TPSA) is 88.9 Å². The van der Waals surface area contributed by atoms with Crippen molar-refractivity contribution in [2.24, 2.45) is 0 Å². The zero-order valence-electron chi connectivity index (χ0n) is 18.8. The van der Waals surface area contributed by atoms with Gasteiger partial charge in [0, 0.05) is 22.8 Å². The van der Waals surface area contributed by atoms with E-state index in [-0.39, 0.29) is 24.1 Å². The molecule has 0 saturated heterocycles. The lowest BCUT2D eigenvalue weighted by Crippen LogP contribution is -2.24. The van der Waals surface area contributed by atoms with E-state index in [4.69, 9.17) is 11.6 Å². The van der Waals surface area contributed by atoms with Crippen LogP contribution in [0.25, 0.3) is 0 Å². The molecule has 33 heavy (non-hydrogen) atoms. The highest BCUT2D eigenvalue weighted by molar-refractivity contribution is 7.99. The van der Waals surface area contributed by atoms with Crippen molar-refractivity contribution in [3.8, 4) is 0 Å². The molecule has 0 saturated carbocycles. The van der Waals surface area contributed by atoms with Gasteiger partial charge in [-0.15, -0.1) is 16.8 Å². The van der Waals surface area contributed by atoms with Gasteiger partial charge in [-0.25, -0.2) is 0 Å². The molecule has 2 aromatic carbocycles. The number of allylic oxidation sites excluding steroid dienone is 1. The van der Waals surface area contributed by atoms with Gasteiger partial charge >= 0.3 is 0 Å². The molecule has 0 aliphatic carbocycles. The first-order valence-electron chi connectivity index (χ1n) is 10.4. The summed E-state index contributed by atoms with van der Waals surface area (Å²) in [5.74, 6) is 0.359. The molecule has 1 heterocycles. The van der Waals surface area contributed by atoms with Crippen molar-refractivity contribution in [3.05, 3.63) is 82.2 Å². The van der Waals surface area contributed by atoms with E-state index in [1.54, 1.807) is 30.3 Å². The predicted molar refractivity (Wildman–Crippen MR) is 133 cm³/mol. The Kier molecular flexibility index (Phi) is 8.30. The van der Waals surface area contributed by atoms with E-state index in [0.717, 1.165) is 22.4 Å². The molecule has 7 nitrogen and oxygen atoms in total. The largest absolute Gasteiger partial charge is 0.345 e. The minimum atomic E-state index is -0.261. The molecule has 0 bridgehead atoms. The molecule has 9 heteroatoms. The summed E-state index contributed by atoms with van der Waals surface area (Å²) in [4.78, 5) is 25.0. The number of nitrogens with one attached hydrogen (secondary N) is 2. The number of carbonyl (C=O) groups is 2. The Labute approximate surface area is 202 Å². The van der Waals surface area contributed by atoms with E-state index in [2.05, 4.69) is 27.4 Å². The van der Waals surface area contributed by atoms with Gasteiger partial charge in [0.2, 0.25) is 5.91 Å². The minimum absolute atomic E-state index is 0.126. The molecule has 0 radical (unpaired) electrons. The normalized spacial score (nSPS) is 10.7. The van der Waals surface area contributed by atoms with Crippen LogP contribution >= 0.6 is 23.4 Å². The predicted octanol–water partition coefficient (Wildman–Crippen LogP) is 4.70. The number of hydrogen-bond donors (Lipinski definition) is 2. The highest BCUT2D eigenvalue weighted by Crippen LogP contribution is 2.23. The van der Waals surface area contributed by atoms with Gasteiger partial charge in [-0.2, -0.15) is 0 Å². The molecule has 2 amide bonds. The molecular formula is C24H26ClN5O2S. The lowest BCUT2D eigenvalue weighted by Gasteiger charge is -2.13. The van der Waals surface area contributed by atoms with Crippen molar-refractivity contribution in [1.29, 1.82) is 0 Å². The molecule has 1 aromatic heterocycles. The van der Waals surface area contributed by atoms with Crippen LogP contribution in [0.3, 0.4) is 0 Å². The van der Waals surface area contributed by atoms with Gasteiger partial charge in [0.1, 0.15) is 0 Å². The van der Waals surface area contributed by atoms with Crippen molar-refractivity contribution in [2.45, 2.75) is 39.0 Å². The molecule has 2 N–H and O–H groups in total. The van der Waals surface area contributed by atoms with Gasteiger partial charge in [-0.1, -0.05) is 53.2 Å². The fraction of sp³-hybridized carbons (Fsp3) is 0.250. The van der Waals surface area contributed by atoms with Crippen LogP contribution in [0.15, 0.2) is 54.2 Å². The quantitative estimate of drug-likeness (QED) is 0.340. The van der Waals surface area contributed by atoms with Gasteiger partial charge in [0.05, 0.1) is 12.3 Å². The summed E-state index contributed by atoms with van der Waals surface area (Å²) in [5, 5.41) is 15.3. The van der Waals surface area contributed by atoms with E-state index in [1.807, 2.05) is 37.5 Å². The van der Waals surface area contributed by atoms with Crippen LogP contribution in [0.2, 0.25) is 5.02 Å². The number of aromatic nitrogens is 3. The zero-order chi connectivity index (χ0) is 24.0. The Balaban J connectivity index is 1.64. The molecule has 0 unspecified atom stereocenters. The number of carbonyl (C=O) groups excluding carboxylic acids is 2. The molecule has 172 valence electrons. The van der Waals surface area contributed by atoms with E-state index >= 15 is 0 Å². The Bertz CT molecular complexity index is 1170. The maximum absolute atomic E-state index is 12.6. The number of halogens is 1. The number of thioether (sulfide) groups is 1. The fourth-order valence-electron chi connectivity index (χ4n) is 3.44. The van der Waals surface area contributed by atoms with Crippen molar-refractivity contribution in [1.82, 2.24) is 20.1 Å². The standard InChI is InChI=1S/C24H26ClN5O2S/c1-5-9-30-20(13-26-23(32)18-7-6-8-19(25)12-18)28-29-24(30)33-14-21(31)27-22-16(3)10-15(2)11-17(22)4/h5-8,10-12H,1,9,13-14H2,2-4H3,(H,26,32)(H,27,31).